The maximum Gasteiger partial charge on any atom is 0.122 e. The third-order valence-electron chi connectivity index (χ3n) is 6.66. The van der Waals surface area contributed by atoms with E-state index >= 15 is 0 Å². The summed E-state index contributed by atoms with van der Waals surface area (Å²) in [6.07, 6.45) is 3.38. The first-order valence-electron chi connectivity index (χ1n) is 11.3. The molecule has 3 aromatic carbocycles. The number of piperidine rings is 1. The Balaban J connectivity index is 1.57. The van der Waals surface area contributed by atoms with Crippen molar-refractivity contribution in [1.82, 2.24) is 4.90 Å². The summed E-state index contributed by atoms with van der Waals surface area (Å²) in [7, 11) is 3.60. The number of hydrogen-bond donors (Lipinski definition) is 0. The van der Waals surface area contributed by atoms with Gasteiger partial charge in [0.15, 0.2) is 0 Å². The Morgan fingerprint density at radius 3 is 2.16 bits per heavy atom. The molecule has 3 nitrogen and oxygen atoms in total. The lowest BCUT2D eigenvalue weighted by molar-refractivity contribution is -0.0546. The molecule has 1 aliphatic rings. The zero-order valence-electron chi connectivity index (χ0n) is 18.7. The summed E-state index contributed by atoms with van der Waals surface area (Å²) in [6, 6.07) is 29.9. The highest BCUT2D eigenvalue weighted by molar-refractivity contribution is 5.38. The Morgan fingerprint density at radius 1 is 0.871 bits per heavy atom. The molecule has 0 aromatic heterocycles. The summed E-state index contributed by atoms with van der Waals surface area (Å²) in [4.78, 5) is 2.60. The molecule has 0 saturated carbocycles. The first-order valence-corrected chi connectivity index (χ1v) is 11.3. The number of nitrogens with zero attached hydrogens (tertiary/aromatic N) is 1. The first-order chi connectivity index (χ1) is 15.3. The standard InChI is InChI=1S/C28H33NO2/c1-30-27-17-9-11-23(21-27)18-20-29-19-10-16-26(22-29)28(31-2,24-12-5-3-6-13-24)25-14-7-4-8-15-25/h3-9,11-15,17,21,26H,10,16,18-20,22H2,1-2H3. The van der Waals surface area contributed by atoms with E-state index in [1.54, 1.807) is 7.11 Å². The normalized spacial score (nSPS) is 17.4. The molecule has 1 saturated heterocycles. The van der Waals surface area contributed by atoms with E-state index in [0.29, 0.717) is 5.92 Å². The van der Waals surface area contributed by atoms with E-state index in [9.17, 15) is 0 Å². The Morgan fingerprint density at radius 2 is 1.55 bits per heavy atom. The largest absolute Gasteiger partial charge is 0.497 e. The van der Waals surface area contributed by atoms with Crippen LogP contribution in [0.2, 0.25) is 0 Å². The fourth-order valence-corrected chi connectivity index (χ4v) is 5.12. The minimum Gasteiger partial charge on any atom is -0.497 e. The average Bonchev–Trinajstić information content (AvgIpc) is 2.85. The van der Waals surface area contributed by atoms with Gasteiger partial charge in [-0.3, -0.25) is 0 Å². The topological polar surface area (TPSA) is 21.7 Å². The van der Waals surface area contributed by atoms with Crippen molar-refractivity contribution in [2.45, 2.75) is 24.9 Å². The molecule has 31 heavy (non-hydrogen) atoms. The summed E-state index contributed by atoms with van der Waals surface area (Å²) in [6.45, 7) is 3.22. The number of benzene rings is 3. The second kappa shape index (κ2) is 10.1. The molecule has 162 valence electrons. The van der Waals surface area contributed by atoms with Gasteiger partial charge in [-0.2, -0.15) is 0 Å². The van der Waals surface area contributed by atoms with Crippen molar-refractivity contribution in [3.63, 3.8) is 0 Å². The van der Waals surface area contributed by atoms with Crippen LogP contribution in [0.5, 0.6) is 5.75 Å². The smallest absolute Gasteiger partial charge is 0.122 e. The number of likely N-dealkylation sites (tertiary alicyclic amines) is 1. The zero-order chi connectivity index (χ0) is 21.5. The second-order valence-corrected chi connectivity index (χ2v) is 8.41. The third kappa shape index (κ3) is 4.68. The molecule has 0 bridgehead atoms. The first kappa shape index (κ1) is 21.6. The van der Waals surface area contributed by atoms with Crippen molar-refractivity contribution >= 4 is 0 Å². The molecule has 1 atom stereocenters. The fourth-order valence-electron chi connectivity index (χ4n) is 5.12. The van der Waals surface area contributed by atoms with Crippen molar-refractivity contribution < 1.29 is 9.47 Å². The highest BCUT2D eigenvalue weighted by Gasteiger charge is 2.43. The van der Waals surface area contributed by atoms with Crippen molar-refractivity contribution in [3.05, 3.63) is 102 Å². The molecule has 0 aliphatic carbocycles. The van der Waals surface area contributed by atoms with Crippen LogP contribution in [0.3, 0.4) is 0 Å². The summed E-state index contributed by atoms with van der Waals surface area (Å²) in [5.41, 5.74) is 3.37. The number of ether oxygens (including phenoxy) is 2. The zero-order valence-corrected chi connectivity index (χ0v) is 18.7. The van der Waals surface area contributed by atoms with E-state index in [-0.39, 0.29) is 0 Å². The van der Waals surface area contributed by atoms with Crippen LogP contribution in [0.1, 0.15) is 29.5 Å². The van der Waals surface area contributed by atoms with Gasteiger partial charge in [-0.15, -0.1) is 0 Å². The predicted molar refractivity (Wildman–Crippen MR) is 127 cm³/mol. The van der Waals surface area contributed by atoms with Gasteiger partial charge >= 0.3 is 0 Å². The highest BCUT2D eigenvalue weighted by Crippen LogP contribution is 2.43. The Hall–Kier alpha value is -2.62. The van der Waals surface area contributed by atoms with Crippen LogP contribution >= 0.6 is 0 Å². The van der Waals surface area contributed by atoms with Gasteiger partial charge in [0.05, 0.1) is 7.11 Å². The lowest BCUT2D eigenvalue weighted by Crippen LogP contribution is -2.48. The van der Waals surface area contributed by atoms with Gasteiger partial charge in [0.1, 0.15) is 11.4 Å². The van der Waals surface area contributed by atoms with Gasteiger partial charge in [-0.05, 0) is 54.6 Å². The van der Waals surface area contributed by atoms with Crippen LogP contribution in [0.4, 0.5) is 0 Å². The number of methoxy groups -OCH3 is 2. The molecule has 0 N–H and O–H groups in total. The summed E-state index contributed by atoms with van der Waals surface area (Å²) in [5, 5.41) is 0. The van der Waals surface area contributed by atoms with Crippen LogP contribution in [-0.2, 0) is 16.8 Å². The van der Waals surface area contributed by atoms with Gasteiger partial charge in [0.25, 0.3) is 0 Å². The minimum absolute atomic E-state index is 0.390. The van der Waals surface area contributed by atoms with E-state index in [1.807, 2.05) is 13.2 Å². The van der Waals surface area contributed by atoms with Gasteiger partial charge in [0, 0.05) is 26.1 Å². The molecule has 0 radical (unpaired) electrons. The van der Waals surface area contributed by atoms with Crippen LogP contribution in [-0.4, -0.2) is 38.8 Å². The molecule has 4 rings (SSSR count). The highest BCUT2D eigenvalue weighted by atomic mass is 16.5. The number of rotatable bonds is 8. The molecular weight excluding hydrogens is 382 g/mol. The molecule has 0 amide bonds. The third-order valence-corrected chi connectivity index (χ3v) is 6.66. The lowest BCUT2D eigenvalue weighted by Gasteiger charge is -2.45. The summed E-state index contributed by atoms with van der Waals surface area (Å²) < 4.78 is 11.8. The quantitative estimate of drug-likeness (QED) is 0.482. The maximum atomic E-state index is 6.45. The Kier molecular flexibility index (Phi) is 7.06. The van der Waals surface area contributed by atoms with Crippen molar-refractivity contribution in [2.75, 3.05) is 33.9 Å². The fraction of sp³-hybridized carbons (Fsp3) is 0.357. The average molecular weight is 416 g/mol. The van der Waals surface area contributed by atoms with E-state index < -0.39 is 5.60 Å². The van der Waals surface area contributed by atoms with E-state index in [2.05, 4.69) is 83.8 Å². The molecule has 0 spiro atoms. The predicted octanol–water partition coefficient (Wildman–Crippen LogP) is 5.54. The maximum absolute atomic E-state index is 6.45. The summed E-state index contributed by atoms with van der Waals surface area (Å²) in [5.74, 6) is 1.32. The van der Waals surface area contributed by atoms with Crippen LogP contribution in [0, 0.1) is 5.92 Å². The molecule has 1 aliphatic heterocycles. The molecular formula is C28H33NO2. The van der Waals surface area contributed by atoms with Crippen LogP contribution in [0.15, 0.2) is 84.9 Å². The van der Waals surface area contributed by atoms with Crippen LogP contribution in [0.25, 0.3) is 0 Å². The SMILES string of the molecule is COc1cccc(CCN2CCCC(C(OC)(c3ccccc3)c3ccccc3)C2)c1. The monoisotopic (exact) mass is 415 g/mol. The van der Waals surface area contributed by atoms with Crippen molar-refractivity contribution in [1.29, 1.82) is 0 Å². The second-order valence-electron chi connectivity index (χ2n) is 8.41. The van der Waals surface area contributed by atoms with Crippen molar-refractivity contribution in [2.24, 2.45) is 5.92 Å². The summed E-state index contributed by atoms with van der Waals surface area (Å²) >= 11 is 0. The van der Waals surface area contributed by atoms with E-state index in [1.165, 1.54) is 23.1 Å². The van der Waals surface area contributed by atoms with Gasteiger partial charge in [-0.1, -0.05) is 72.8 Å². The molecule has 1 fully saturated rings. The van der Waals surface area contributed by atoms with Crippen LogP contribution < -0.4 is 4.74 Å². The molecule has 3 heteroatoms. The molecule has 3 aromatic rings. The van der Waals surface area contributed by atoms with E-state index in [0.717, 1.165) is 38.2 Å². The van der Waals surface area contributed by atoms with Gasteiger partial charge < -0.3 is 14.4 Å². The molecule has 1 heterocycles. The Bertz CT molecular complexity index is 902. The minimum atomic E-state index is -0.433. The van der Waals surface area contributed by atoms with Gasteiger partial charge in [0.2, 0.25) is 0 Å². The Labute approximate surface area is 186 Å². The lowest BCUT2D eigenvalue weighted by atomic mass is 9.72. The molecule has 1 unspecified atom stereocenters. The van der Waals surface area contributed by atoms with Gasteiger partial charge in [-0.25, -0.2) is 0 Å². The van der Waals surface area contributed by atoms with E-state index in [4.69, 9.17) is 9.47 Å². The van der Waals surface area contributed by atoms with Crippen molar-refractivity contribution in [3.8, 4) is 5.75 Å². The number of hydrogen-bond acceptors (Lipinski definition) is 3.